The van der Waals surface area contributed by atoms with Crippen LogP contribution in [0.1, 0.15) is 10.4 Å². The SMILES string of the molecule is Nc1ccc(C(=O)OCCS(=O)(=O)[O-])cc1Br. The summed E-state index contributed by atoms with van der Waals surface area (Å²) in [4.78, 5) is 11.4. The number of carbonyl (C=O) groups excluding carboxylic acids is 1. The predicted molar refractivity (Wildman–Crippen MR) is 63.4 cm³/mol. The van der Waals surface area contributed by atoms with E-state index in [9.17, 15) is 17.8 Å². The van der Waals surface area contributed by atoms with Gasteiger partial charge in [-0.3, -0.25) is 0 Å². The van der Waals surface area contributed by atoms with Crippen molar-refractivity contribution in [3.63, 3.8) is 0 Å². The first kappa shape index (κ1) is 13.9. The molecule has 2 N–H and O–H groups in total. The standard InChI is InChI=1S/C9H10BrNO5S/c10-7-5-6(1-2-8(7)11)9(12)16-3-4-17(13,14)15/h1-2,5H,3-4,11H2,(H,13,14,15)/p-1. The van der Waals surface area contributed by atoms with Crippen LogP contribution in [0, 0.1) is 0 Å². The van der Waals surface area contributed by atoms with E-state index in [-0.39, 0.29) is 5.56 Å². The molecular formula is C9H9BrNO5S-. The molecule has 94 valence electrons. The first-order valence-corrected chi connectivity index (χ1v) is 6.82. The lowest BCUT2D eigenvalue weighted by atomic mass is 10.2. The molecule has 1 aromatic carbocycles. The molecule has 0 heterocycles. The Morgan fingerprint density at radius 3 is 2.65 bits per heavy atom. The number of rotatable bonds is 4. The number of hydrogen-bond donors (Lipinski definition) is 1. The van der Waals surface area contributed by atoms with Crippen LogP contribution >= 0.6 is 15.9 Å². The molecule has 0 aliphatic carbocycles. The smallest absolute Gasteiger partial charge is 0.338 e. The summed E-state index contributed by atoms with van der Waals surface area (Å²) in [7, 11) is -4.37. The molecule has 0 fully saturated rings. The molecule has 1 rings (SSSR count). The number of nitrogen functional groups attached to an aromatic ring is 1. The summed E-state index contributed by atoms with van der Waals surface area (Å²) in [5, 5.41) is 0. The third-order valence-corrected chi connectivity index (χ3v) is 3.16. The highest BCUT2D eigenvalue weighted by molar-refractivity contribution is 9.10. The van der Waals surface area contributed by atoms with Crippen molar-refractivity contribution in [2.24, 2.45) is 0 Å². The van der Waals surface area contributed by atoms with Crippen LogP contribution < -0.4 is 5.73 Å². The Morgan fingerprint density at radius 2 is 2.12 bits per heavy atom. The van der Waals surface area contributed by atoms with Crippen LogP contribution in [0.2, 0.25) is 0 Å². The number of hydrogen-bond acceptors (Lipinski definition) is 6. The highest BCUT2D eigenvalue weighted by Crippen LogP contribution is 2.20. The molecule has 0 aromatic heterocycles. The van der Waals surface area contributed by atoms with Crippen molar-refractivity contribution in [1.82, 2.24) is 0 Å². The molecule has 0 aliphatic rings. The minimum Gasteiger partial charge on any atom is -0.748 e. The lowest BCUT2D eigenvalue weighted by Gasteiger charge is -2.08. The molecule has 0 atom stereocenters. The van der Waals surface area contributed by atoms with E-state index in [4.69, 9.17) is 5.73 Å². The van der Waals surface area contributed by atoms with Crippen molar-refractivity contribution in [1.29, 1.82) is 0 Å². The van der Waals surface area contributed by atoms with Crippen LogP contribution in [0.25, 0.3) is 0 Å². The van der Waals surface area contributed by atoms with Gasteiger partial charge in [-0.15, -0.1) is 0 Å². The van der Waals surface area contributed by atoms with E-state index in [1.54, 1.807) is 0 Å². The van der Waals surface area contributed by atoms with Gasteiger partial charge in [-0.25, -0.2) is 13.2 Å². The molecule has 0 amide bonds. The highest BCUT2D eigenvalue weighted by Gasteiger charge is 2.09. The largest absolute Gasteiger partial charge is 0.748 e. The second-order valence-electron chi connectivity index (χ2n) is 3.13. The Bertz CT molecular complexity index is 528. The molecule has 6 nitrogen and oxygen atoms in total. The van der Waals surface area contributed by atoms with Crippen molar-refractivity contribution in [3.05, 3.63) is 28.2 Å². The summed E-state index contributed by atoms with van der Waals surface area (Å²) in [5.41, 5.74) is 6.21. The summed E-state index contributed by atoms with van der Waals surface area (Å²) in [6, 6.07) is 4.39. The van der Waals surface area contributed by atoms with Gasteiger partial charge in [-0.2, -0.15) is 0 Å². The van der Waals surface area contributed by atoms with Gasteiger partial charge in [0.1, 0.15) is 6.61 Å². The van der Waals surface area contributed by atoms with E-state index in [1.807, 2.05) is 0 Å². The maximum atomic E-state index is 11.4. The minimum absolute atomic E-state index is 0.217. The van der Waals surface area contributed by atoms with Gasteiger partial charge < -0.3 is 15.0 Å². The third-order valence-electron chi connectivity index (χ3n) is 1.80. The predicted octanol–water partition coefficient (Wildman–Crippen LogP) is 0.733. The molecule has 8 heteroatoms. The number of nitrogens with two attached hydrogens (primary N) is 1. The van der Waals surface area contributed by atoms with E-state index in [0.717, 1.165) is 0 Å². The van der Waals surface area contributed by atoms with Gasteiger partial charge in [0.25, 0.3) is 0 Å². The summed E-state index contributed by atoms with van der Waals surface area (Å²) in [6.45, 7) is -0.466. The van der Waals surface area contributed by atoms with Gasteiger partial charge in [0.2, 0.25) is 0 Å². The zero-order chi connectivity index (χ0) is 13.1. The van der Waals surface area contributed by atoms with Crippen LogP contribution in [0.15, 0.2) is 22.7 Å². The lowest BCUT2D eigenvalue weighted by Crippen LogP contribution is -2.15. The number of ether oxygens (including phenoxy) is 1. The monoisotopic (exact) mass is 322 g/mol. The summed E-state index contributed by atoms with van der Waals surface area (Å²) < 4.78 is 36.0. The average Bonchev–Trinajstić information content (AvgIpc) is 2.20. The number of anilines is 1. The number of halogens is 1. The Morgan fingerprint density at radius 1 is 1.47 bits per heavy atom. The zero-order valence-electron chi connectivity index (χ0n) is 8.55. The van der Waals surface area contributed by atoms with Crippen LogP contribution in [-0.2, 0) is 14.9 Å². The van der Waals surface area contributed by atoms with Crippen molar-refractivity contribution in [2.75, 3.05) is 18.1 Å². The fourth-order valence-corrected chi connectivity index (χ4v) is 1.64. The molecule has 0 spiro atoms. The van der Waals surface area contributed by atoms with Crippen LogP contribution in [0.4, 0.5) is 5.69 Å². The van der Waals surface area contributed by atoms with Crippen molar-refractivity contribution < 1.29 is 22.5 Å². The van der Waals surface area contributed by atoms with E-state index in [2.05, 4.69) is 20.7 Å². The fraction of sp³-hybridized carbons (Fsp3) is 0.222. The minimum atomic E-state index is -4.37. The zero-order valence-corrected chi connectivity index (χ0v) is 11.0. The summed E-state index contributed by atoms with van der Waals surface area (Å²) in [5.74, 6) is -1.45. The Hall–Kier alpha value is -1.12. The molecule has 17 heavy (non-hydrogen) atoms. The summed E-state index contributed by atoms with van der Waals surface area (Å²) in [6.07, 6.45) is 0. The second kappa shape index (κ2) is 5.48. The van der Waals surface area contributed by atoms with Gasteiger partial charge in [0, 0.05) is 10.2 Å². The van der Waals surface area contributed by atoms with Crippen LogP contribution in [0.5, 0.6) is 0 Å². The van der Waals surface area contributed by atoms with Crippen molar-refractivity contribution >= 4 is 37.7 Å². The quantitative estimate of drug-likeness (QED) is 0.497. The lowest BCUT2D eigenvalue weighted by molar-refractivity contribution is 0.0528. The molecule has 0 saturated carbocycles. The second-order valence-corrected chi connectivity index (χ2v) is 5.51. The average molecular weight is 323 g/mol. The molecule has 1 aromatic rings. The van der Waals surface area contributed by atoms with Crippen molar-refractivity contribution in [2.45, 2.75) is 0 Å². The van der Waals surface area contributed by atoms with Gasteiger partial charge >= 0.3 is 5.97 Å². The maximum absolute atomic E-state index is 11.4. The maximum Gasteiger partial charge on any atom is 0.338 e. The first-order chi connectivity index (χ1) is 7.79. The number of esters is 1. The van der Waals surface area contributed by atoms with Gasteiger partial charge in [0.05, 0.1) is 21.4 Å². The van der Waals surface area contributed by atoms with Crippen LogP contribution in [0.3, 0.4) is 0 Å². The fourth-order valence-electron chi connectivity index (χ4n) is 0.974. The van der Waals surface area contributed by atoms with Crippen molar-refractivity contribution in [3.8, 4) is 0 Å². The first-order valence-electron chi connectivity index (χ1n) is 4.45. The van der Waals surface area contributed by atoms with E-state index >= 15 is 0 Å². The van der Waals surface area contributed by atoms with E-state index < -0.39 is 28.4 Å². The summed E-state index contributed by atoms with van der Waals surface area (Å²) >= 11 is 3.14. The molecule has 0 radical (unpaired) electrons. The van der Waals surface area contributed by atoms with Gasteiger partial charge in [-0.1, -0.05) is 0 Å². The van der Waals surface area contributed by atoms with Gasteiger partial charge in [-0.05, 0) is 34.1 Å². The Kier molecular flexibility index (Phi) is 4.49. The van der Waals surface area contributed by atoms with Gasteiger partial charge in [0.15, 0.2) is 0 Å². The molecular weight excluding hydrogens is 314 g/mol. The Balaban J connectivity index is 2.61. The third kappa shape index (κ3) is 4.72. The normalized spacial score (nSPS) is 11.2. The molecule has 0 unspecified atom stereocenters. The molecule has 0 aliphatic heterocycles. The van der Waals surface area contributed by atoms with Crippen LogP contribution in [-0.4, -0.2) is 31.3 Å². The number of benzene rings is 1. The number of carbonyl (C=O) groups is 1. The molecule has 0 bridgehead atoms. The topological polar surface area (TPSA) is 110 Å². The molecule has 0 saturated heterocycles. The van der Waals surface area contributed by atoms with E-state index in [0.29, 0.717) is 10.2 Å². The highest BCUT2D eigenvalue weighted by atomic mass is 79.9. The Labute approximate surface area is 107 Å². The van der Waals surface area contributed by atoms with E-state index in [1.165, 1.54) is 18.2 Å².